The van der Waals surface area contributed by atoms with Crippen LogP contribution in [0.4, 0.5) is 5.69 Å². The van der Waals surface area contributed by atoms with Gasteiger partial charge in [0.2, 0.25) is 0 Å². The van der Waals surface area contributed by atoms with E-state index in [4.69, 9.17) is 5.73 Å². The van der Waals surface area contributed by atoms with Gasteiger partial charge in [-0.25, -0.2) is 0 Å². The van der Waals surface area contributed by atoms with Crippen LogP contribution in [-0.2, 0) is 31.6 Å². The first-order valence-corrected chi connectivity index (χ1v) is 10.6. The second-order valence-corrected chi connectivity index (χ2v) is 9.04. The normalized spacial score (nSPS) is 11.6. The summed E-state index contributed by atoms with van der Waals surface area (Å²) in [5.74, 6) is 0. The number of hydrogen-bond acceptors (Lipinski definition) is 4. The lowest BCUT2D eigenvalue weighted by atomic mass is 9.87. The maximum absolute atomic E-state index is 11.0. The Hall–Kier alpha value is -3.02. The Morgan fingerprint density at radius 1 is 0.742 bits per heavy atom. The Morgan fingerprint density at radius 2 is 1.13 bits per heavy atom. The Labute approximate surface area is 184 Å². The molecule has 3 rings (SSSR count). The van der Waals surface area contributed by atoms with Gasteiger partial charge in [0.15, 0.2) is 0 Å². The van der Waals surface area contributed by atoms with Gasteiger partial charge in [0.05, 0.1) is 4.92 Å². The van der Waals surface area contributed by atoms with Gasteiger partial charge in [-0.05, 0) is 33.2 Å². The topological polar surface area (TPSA) is 72.4 Å². The van der Waals surface area contributed by atoms with Crippen molar-refractivity contribution in [1.29, 1.82) is 0 Å². The van der Waals surface area contributed by atoms with E-state index in [1.165, 1.54) is 16.7 Å². The van der Waals surface area contributed by atoms with Crippen LogP contribution in [0, 0.1) is 10.1 Å². The van der Waals surface area contributed by atoms with Crippen LogP contribution in [0.5, 0.6) is 0 Å². The lowest BCUT2D eigenvalue weighted by Gasteiger charge is -2.24. The molecule has 0 spiro atoms. The van der Waals surface area contributed by atoms with Crippen molar-refractivity contribution in [3.63, 3.8) is 0 Å². The molecule has 0 aliphatic heterocycles. The minimum Gasteiger partial charge on any atom is -0.326 e. The van der Waals surface area contributed by atoms with E-state index in [1.807, 2.05) is 12.1 Å². The highest BCUT2D eigenvalue weighted by atomic mass is 16.6. The molecule has 0 bridgehead atoms. The molecule has 0 unspecified atom stereocenters. The van der Waals surface area contributed by atoms with Crippen LogP contribution in [0.25, 0.3) is 0 Å². The SMILES string of the molecule is CC(C)(C)c1ccc(CN(Cc2ccc(CN)cc2)Cc2ccc([N+](=O)[O-])cc2)cc1. The van der Waals surface area contributed by atoms with Crippen LogP contribution < -0.4 is 5.73 Å². The third-order valence-electron chi connectivity index (χ3n) is 5.44. The molecular formula is C26H31N3O2. The number of rotatable bonds is 8. The van der Waals surface area contributed by atoms with Crippen molar-refractivity contribution in [3.8, 4) is 0 Å². The first-order chi connectivity index (χ1) is 14.7. The Bertz CT molecular complexity index is 989. The average molecular weight is 418 g/mol. The molecule has 0 saturated heterocycles. The van der Waals surface area contributed by atoms with Crippen LogP contribution in [0.3, 0.4) is 0 Å². The largest absolute Gasteiger partial charge is 0.326 e. The molecule has 0 aliphatic rings. The first kappa shape index (κ1) is 22.7. The zero-order valence-corrected chi connectivity index (χ0v) is 18.5. The van der Waals surface area contributed by atoms with E-state index in [1.54, 1.807) is 12.1 Å². The summed E-state index contributed by atoms with van der Waals surface area (Å²) in [6, 6.07) is 24.0. The van der Waals surface area contributed by atoms with Crippen molar-refractivity contribution in [3.05, 3.63) is 111 Å². The molecule has 0 aromatic heterocycles. The second kappa shape index (κ2) is 9.86. The fraction of sp³-hybridized carbons (Fsp3) is 0.308. The monoisotopic (exact) mass is 417 g/mol. The van der Waals surface area contributed by atoms with Crippen LogP contribution in [0.2, 0.25) is 0 Å². The maximum atomic E-state index is 11.0. The van der Waals surface area contributed by atoms with E-state index < -0.39 is 0 Å². The number of nitrogens with two attached hydrogens (primary N) is 1. The summed E-state index contributed by atoms with van der Waals surface area (Å²) < 4.78 is 0. The van der Waals surface area contributed by atoms with Gasteiger partial charge in [-0.2, -0.15) is 0 Å². The number of benzene rings is 3. The number of hydrogen-bond donors (Lipinski definition) is 1. The molecule has 0 amide bonds. The summed E-state index contributed by atoms with van der Waals surface area (Å²) in [5, 5.41) is 11.0. The quantitative estimate of drug-likeness (QED) is 0.385. The molecule has 5 heteroatoms. The Balaban J connectivity index is 1.79. The lowest BCUT2D eigenvalue weighted by Crippen LogP contribution is -2.22. The number of nitro benzene ring substituents is 1. The van der Waals surface area contributed by atoms with Gasteiger partial charge < -0.3 is 5.73 Å². The standard InChI is InChI=1S/C26H31N3O2/c1-26(2,3)24-12-8-22(9-13-24)18-28(17-21-6-4-20(16-27)5-7-21)19-23-10-14-25(15-11-23)29(30)31/h4-15H,16-19,27H2,1-3H3. The molecule has 5 nitrogen and oxygen atoms in total. The van der Waals surface area contributed by atoms with Crippen molar-refractivity contribution in [2.24, 2.45) is 5.73 Å². The van der Waals surface area contributed by atoms with E-state index in [-0.39, 0.29) is 16.0 Å². The Kier molecular flexibility index (Phi) is 7.21. The third-order valence-corrected chi connectivity index (χ3v) is 5.44. The van der Waals surface area contributed by atoms with Gasteiger partial charge in [0, 0.05) is 38.3 Å². The zero-order valence-electron chi connectivity index (χ0n) is 18.5. The number of non-ortho nitro benzene ring substituents is 1. The van der Waals surface area contributed by atoms with Crippen molar-refractivity contribution >= 4 is 5.69 Å². The lowest BCUT2D eigenvalue weighted by molar-refractivity contribution is -0.384. The van der Waals surface area contributed by atoms with E-state index >= 15 is 0 Å². The van der Waals surface area contributed by atoms with E-state index in [2.05, 4.69) is 74.2 Å². The molecule has 0 atom stereocenters. The van der Waals surface area contributed by atoms with E-state index in [0.717, 1.165) is 24.2 Å². The maximum Gasteiger partial charge on any atom is 0.269 e. The summed E-state index contributed by atoms with van der Waals surface area (Å²) in [5.41, 5.74) is 11.9. The fourth-order valence-electron chi connectivity index (χ4n) is 3.56. The first-order valence-electron chi connectivity index (χ1n) is 10.6. The van der Waals surface area contributed by atoms with Crippen molar-refractivity contribution in [1.82, 2.24) is 4.90 Å². The molecule has 31 heavy (non-hydrogen) atoms. The van der Waals surface area contributed by atoms with Gasteiger partial charge >= 0.3 is 0 Å². The van der Waals surface area contributed by atoms with Gasteiger partial charge in [-0.1, -0.05) is 81.4 Å². The summed E-state index contributed by atoms with van der Waals surface area (Å²) in [6.45, 7) is 9.46. The number of nitro groups is 1. The van der Waals surface area contributed by atoms with Crippen molar-refractivity contribution in [2.75, 3.05) is 0 Å². The summed E-state index contributed by atoms with van der Waals surface area (Å²) in [7, 11) is 0. The van der Waals surface area contributed by atoms with Crippen LogP contribution >= 0.6 is 0 Å². The predicted octanol–water partition coefficient (Wildman–Crippen LogP) is 5.55. The highest BCUT2D eigenvalue weighted by Crippen LogP contribution is 2.23. The zero-order chi connectivity index (χ0) is 22.4. The fourth-order valence-corrected chi connectivity index (χ4v) is 3.56. The molecular weight excluding hydrogens is 386 g/mol. The molecule has 0 fully saturated rings. The van der Waals surface area contributed by atoms with Crippen LogP contribution in [-0.4, -0.2) is 9.82 Å². The highest BCUT2D eigenvalue weighted by molar-refractivity contribution is 5.33. The number of nitrogens with zero attached hydrogens (tertiary/aromatic N) is 2. The van der Waals surface area contributed by atoms with Gasteiger partial charge in [-0.3, -0.25) is 15.0 Å². The predicted molar refractivity (Wildman–Crippen MR) is 126 cm³/mol. The van der Waals surface area contributed by atoms with Gasteiger partial charge in [-0.15, -0.1) is 0 Å². The summed E-state index contributed by atoms with van der Waals surface area (Å²) in [4.78, 5) is 12.9. The molecule has 0 radical (unpaired) electrons. The molecule has 2 N–H and O–H groups in total. The smallest absolute Gasteiger partial charge is 0.269 e. The van der Waals surface area contributed by atoms with E-state index in [0.29, 0.717) is 13.1 Å². The van der Waals surface area contributed by atoms with Gasteiger partial charge in [0.1, 0.15) is 0 Å². The average Bonchev–Trinajstić information content (AvgIpc) is 2.74. The van der Waals surface area contributed by atoms with Gasteiger partial charge in [0.25, 0.3) is 5.69 Å². The molecule has 3 aromatic rings. The third kappa shape index (κ3) is 6.48. The van der Waals surface area contributed by atoms with Crippen molar-refractivity contribution in [2.45, 2.75) is 52.4 Å². The minimum atomic E-state index is -0.364. The summed E-state index contributed by atoms with van der Waals surface area (Å²) in [6.07, 6.45) is 0. The molecule has 0 heterocycles. The Morgan fingerprint density at radius 3 is 1.52 bits per heavy atom. The van der Waals surface area contributed by atoms with Crippen LogP contribution in [0.1, 0.15) is 48.6 Å². The van der Waals surface area contributed by atoms with Crippen molar-refractivity contribution < 1.29 is 4.92 Å². The molecule has 3 aromatic carbocycles. The minimum absolute atomic E-state index is 0.116. The van der Waals surface area contributed by atoms with Crippen LogP contribution in [0.15, 0.2) is 72.8 Å². The molecule has 0 aliphatic carbocycles. The molecule has 162 valence electrons. The molecule has 0 saturated carbocycles. The summed E-state index contributed by atoms with van der Waals surface area (Å²) >= 11 is 0. The second-order valence-electron chi connectivity index (χ2n) is 9.04. The van der Waals surface area contributed by atoms with E-state index in [9.17, 15) is 10.1 Å². The highest BCUT2D eigenvalue weighted by Gasteiger charge is 2.14.